The summed E-state index contributed by atoms with van der Waals surface area (Å²) in [7, 11) is 0. The second-order valence-electron chi connectivity index (χ2n) is 6.32. The fourth-order valence-corrected chi connectivity index (χ4v) is 3.12. The fourth-order valence-electron chi connectivity index (χ4n) is 3.12. The first-order valence-electron chi connectivity index (χ1n) is 8.74. The molecular formula is C20H20F3N3O. The molecule has 2 heterocycles. The summed E-state index contributed by atoms with van der Waals surface area (Å²) >= 11 is 0. The van der Waals surface area contributed by atoms with Crippen LogP contribution in [0.3, 0.4) is 0 Å². The van der Waals surface area contributed by atoms with Crippen LogP contribution < -0.4 is 5.32 Å². The molecule has 0 unspecified atom stereocenters. The molecule has 27 heavy (non-hydrogen) atoms. The summed E-state index contributed by atoms with van der Waals surface area (Å²) in [6.45, 7) is 5.67. The topological polar surface area (TPSA) is 46.4 Å². The van der Waals surface area contributed by atoms with E-state index >= 15 is 0 Å². The van der Waals surface area contributed by atoms with E-state index < -0.39 is 17.6 Å². The summed E-state index contributed by atoms with van der Waals surface area (Å²) < 4.78 is 40.5. The highest BCUT2D eigenvalue weighted by Gasteiger charge is 2.32. The molecule has 0 spiro atoms. The highest BCUT2D eigenvalue weighted by molar-refractivity contribution is 6.05. The lowest BCUT2D eigenvalue weighted by molar-refractivity contribution is -0.137. The number of anilines is 1. The minimum absolute atomic E-state index is 0.129. The third kappa shape index (κ3) is 3.54. The number of carbonyl (C=O) groups is 1. The third-order valence-corrected chi connectivity index (χ3v) is 4.55. The van der Waals surface area contributed by atoms with Crippen molar-refractivity contribution in [2.24, 2.45) is 0 Å². The number of carbonyl (C=O) groups excluding carboxylic acids is 1. The van der Waals surface area contributed by atoms with E-state index in [2.05, 4.69) is 10.3 Å². The number of halogens is 3. The second kappa shape index (κ2) is 7.06. The zero-order valence-corrected chi connectivity index (χ0v) is 15.3. The number of fused-ring (bicyclic) bond motifs is 1. The number of nitrogens with zero attached hydrogens (tertiary/aromatic N) is 2. The number of benzene rings is 1. The van der Waals surface area contributed by atoms with E-state index in [-0.39, 0.29) is 5.69 Å². The van der Waals surface area contributed by atoms with Gasteiger partial charge in [-0.15, -0.1) is 0 Å². The van der Waals surface area contributed by atoms with E-state index in [9.17, 15) is 18.0 Å². The Bertz CT molecular complexity index is 1010. The SMILES string of the molecule is CCc1cccc(C)c1NC(=O)c1c(CC)nc2ccc(C(F)(F)F)cn12. The molecule has 0 aliphatic carbocycles. The molecule has 1 amide bonds. The summed E-state index contributed by atoms with van der Waals surface area (Å²) in [5.74, 6) is -0.470. The number of nitrogens with one attached hydrogen (secondary N) is 1. The van der Waals surface area contributed by atoms with Crippen LogP contribution in [0.25, 0.3) is 5.65 Å². The molecule has 1 N–H and O–H groups in total. The number of rotatable bonds is 4. The maximum absolute atomic E-state index is 13.1. The van der Waals surface area contributed by atoms with Crippen LogP contribution in [0, 0.1) is 6.92 Å². The van der Waals surface area contributed by atoms with Crippen molar-refractivity contribution in [2.75, 3.05) is 5.32 Å². The molecule has 0 saturated carbocycles. The lowest BCUT2D eigenvalue weighted by Crippen LogP contribution is -2.18. The molecule has 142 valence electrons. The number of alkyl halides is 3. The van der Waals surface area contributed by atoms with E-state index in [1.807, 2.05) is 39.0 Å². The van der Waals surface area contributed by atoms with Crippen molar-refractivity contribution in [3.05, 3.63) is 64.6 Å². The van der Waals surface area contributed by atoms with Crippen molar-refractivity contribution in [3.63, 3.8) is 0 Å². The van der Waals surface area contributed by atoms with Crippen LogP contribution in [0.2, 0.25) is 0 Å². The first-order valence-corrected chi connectivity index (χ1v) is 8.74. The van der Waals surface area contributed by atoms with Gasteiger partial charge in [0.25, 0.3) is 5.91 Å². The number of pyridine rings is 1. The van der Waals surface area contributed by atoms with E-state index in [0.717, 1.165) is 29.8 Å². The monoisotopic (exact) mass is 375 g/mol. The van der Waals surface area contributed by atoms with Crippen LogP contribution in [0.1, 0.15) is 46.7 Å². The predicted octanol–water partition coefficient (Wildman–Crippen LogP) is 5.04. The Kier molecular flexibility index (Phi) is 4.95. The Labute approximate surface area is 155 Å². The Hall–Kier alpha value is -2.83. The zero-order chi connectivity index (χ0) is 19.8. The molecule has 3 rings (SSSR count). The zero-order valence-electron chi connectivity index (χ0n) is 15.3. The largest absolute Gasteiger partial charge is 0.417 e. The molecule has 0 radical (unpaired) electrons. The summed E-state index contributed by atoms with van der Waals surface area (Å²) in [6, 6.07) is 7.96. The van der Waals surface area contributed by atoms with Gasteiger partial charge in [-0.05, 0) is 43.0 Å². The van der Waals surface area contributed by atoms with Crippen LogP contribution in [-0.4, -0.2) is 15.3 Å². The van der Waals surface area contributed by atoms with E-state index in [4.69, 9.17) is 0 Å². The van der Waals surface area contributed by atoms with Gasteiger partial charge in [-0.2, -0.15) is 13.2 Å². The van der Waals surface area contributed by atoms with Crippen LogP contribution in [-0.2, 0) is 19.0 Å². The van der Waals surface area contributed by atoms with Gasteiger partial charge in [0, 0.05) is 11.9 Å². The molecule has 1 aromatic carbocycles. The van der Waals surface area contributed by atoms with Crippen molar-refractivity contribution in [1.82, 2.24) is 9.38 Å². The smallest absolute Gasteiger partial charge is 0.320 e. The Morgan fingerprint density at radius 2 is 1.89 bits per heavy atom. The number of aryl methyl sites for hydroxylation is 3. The average Bonchev–Trinajstić information content (AvgIpc) is 3.00. The molecule has 2 aromatic heterocycles. The van der Waals surface area contributed by atoms with Crippen molar-refractivity contribution >= 4 is 17.2 Å². The minimum Gasteiger partial charge on any atom is -0.320 e. The van der Waals surface area contributed by atoms with E-state index in [1.165, 1.54) is 10.5 Å². The number of aromatic nitrogens is 2. The third-order valence-electron chi connectivity index (χ3n) is 4.55. The van der Waals surface area contributed by atoms with Gasteiger partial charge >= 0.3 is 6.18 Å². The molecule has 0 fully saturated rings. The maximum Gasteiger partial charge on any atom is 0.417 e. The van der Waals surface area contributed by atoms with Gasteiger partial charge in [0.1, 0.15) is 11.3 Å². The molecular weight excluding hydrogens is 355 g/mol. The van der Waals surface area contributed by atoms with Crippen molar-refractivity contribution < 1.29 is 18.0 Å². The fraction of sp³-hybridized carbons (Fsp3) is 0.300. The lowest BCUT2D eigenvalue weighted by Gasteiger charge is -2.14. The van der Waals surface area contributed by atoms with E-state index in [1.54, 1.807) is 0 Å². The predicted molar refractivity (Wildman–Crippen MR) is 98.1 cm³/mol. The lowest BCUT2D eigenvalue weighted by atomic mass is 10.1. The van der Waals surface area contributed by atoms with E-state index in [0.29, 0.717) is 23.4 Å². The summed E-state index contributed by atoms with van der Waals surface area (Å²) in [4.78, 5) is 17.3. The summed E-state index contributed by atoms with van der Waals surface area (Å²) in [5, 5.41) is 2.88. The Morgan fingerprint density at radius 1 is 1.15 bits per heavy atom. The highest BCUT2D eigenvalue weighted by Crippen LogP contribution is 2.30. The second-order valence-corrected chi connectivity index (χ2v) is 6.32. The minimum atomic E-state index is -4.50. The molecule has 3 aromatic rings. The molecule has 0 aliphatic heterocycles. The van der Waals surface area contributed by atoms with Crippen LogP contribution in [0.4, 0.5) is 18.9 Å². The number of para-hydroxylation sites is 1. The van der Waals surface area contributed by atoms with Gasteiger partial charge in [-0.3, -0.25) is 9.20 Å². The van der Waals surface area contributed by atoms with Crippen LogP contribution >= 0.6 is 0 Å². The van der Waals surface area contributed by atoms with Gasteiger partial charge < -0.3 is 5.32 Å². The van der Waals surface area contributed by atoms with Crippen molar-refractivity contribution in [3.8, 4) is 0 Å². The van der Waals surface area contributed by atoms with Crippen LogP contribution in [0.5, 0.6) is 0 Å². The standard InChI is InChI=1S/C20H20F3N3O/c1-4-13-8-6-7-12(3)17(13)25-19(27)18-15(5-2)24-16-10-9-14(11-26(16)18)20(21,22)23/h6-11H,4-5H2,1-3H3,(H,25,27). The molecule has 0 bridgehead atoms. The van der Waals surface area contributed by atoms with Gasteiger partial charge in [-0.1, -0.05) is 32.0 Å². The number of imidazole rings is 1. The highest BCUT2D eigenvalue weighted by atomic mass is 19.4. The first kappa shape index (κ1) is 18.9. The normalized spacial score (nSPS) is 11.8. The van der Waals surface area contributed by atoms with Gasteiger partial charge in [0.05, 0.1) is 11.3 Å². The summed E-state index contributed by atoms with van der Waals surface area (Å²) in [5.41, 5.74) is 2.62. The average molecular weight is 375 g/mol. The van der Waals surface area contributed by atoms with Crippen molar-refractivity contribution in [2.45, 2.75) is 39.8 Å². The molecule has 4 nitrogen and oxygen atoms in total. The molecule has 7 heteroatoms. The van der Waals surface area contributed by atoms with Gasteiger partial charge in [0.2, 0.25) is 0 Å². The molecule has 0 atom stereocenters. The maximum atomic E-state index is 13.1. The Morgan fingerprint density at radius 3 is 2.52 bits per heavy atom. The van der Waals surface area contributed by atoms with Gasteiger partial charge in [0.15, 0.2) is 0 Å². The quantitative estimate of drug-likeness (QED) is 0.695. The van der Waals surface area contributed by atoms with Gasteiger partial charge in [-0.25, -0.2) is 4.98 Å². The van der Waals surface area contributed by atoms with Crippen molar-refractivity contribution in [1.29, 1.82) is 0 Å². The van der Waals surface area contributed by atoms with Crippen LogP contribution in [0.15, 0.2) is 36.5 Å². The number of amides is 1. The molecule has 0 saturated heterocycles. The molecule has 0 aliphatic rings. The number of hydrogen-bond acceptors (Lipinski definition) is 2. The first-order chi connectivity index (χ1) is 12.8. The summed E-state index contributed by atoms with van der Waals surface area (Å²) in [6.07, 6.45) is -2.41. The number of hydrogen-bond donors (Lipinski definition) is 1. The Balaban J connectivity index is 2.11.